The molecule has 1 aliphatic carbocycles. The van der Waals surface area contributed by atoms with Gasteiger partial charge in [0.15, 0.2) is 0 Å². The van der Waals surface area contributed by atoms with Crippen LogP contribution >= 0.6 is 0 Å². The van der Waals surface area contributed by atoms with E-state index in [1.54, 1.807) is 0 Å². The molecule has 0 saturated heterocycles. The van der Waals surface area contributed by atoms with Crippen LogP contribution in [0.4, 0.5) is 0 Å². The lowest BCUT2D eigenvalue weighted by Crippen LogP contribution is -2.82. The molecule has 4 heteroatoms. The van der Waals surface area contributed by atoms with Crippen molar-refractivity contribution < 1.29 is 5.32 Å². The normalized spacial score (nSPS) is 17.3. The number of fused-ring (bicyclic) bond motifs is 6. The summed E-state index contributed by atoms with van der Waals surface area (Å²) in [6, 6.07) is 77.0. The van der Waals surface area contributed by atoms with E-state index >= 15 is 0 Å². The maximum absolute atomic E-state index is 5.36. The van der Waals surface area contributed by atoms with E-state index < -0.39 is 0 Å². The molecule has 300 valence electrons. The van der Waals surface area contributed by atoms with Gasteiger partial charge in [-0.25, -0.2) is 4.99 Å². The summed E-state index contributed by atoms with van der Waals surface area (Å²) in [4.78, 5) is 5.36. The summed E-state index contributed by atoms with van der Waals surface area (Å²) in [7, 11) is 0. The first kappa shape index (κ1) is 37.0. The van der Waals surface area contributed by atoms with Crippen molar-refractivity contribution in [3.8, 4) is 11.4 Å². The quantitative estimate of drug-likeness (QED) is 0.167. The van der Waals surface area contributed by atoms with Gasteiger partial charge in [0.1, 0.15) is 5.70 Å². The van der Waals surface area contributed by atoms with E-state index in [1.165, 1.54) is 88.9 Å². The Morgan fingerprint density at radius 3 is 1.75 bits per heavy atom. The molecule has 2 unspecified atom stereocenters. The minimum Gasteiger partial charge on any atom is -0.310 e. The van der Waals surface area contributed by atoms with Crippen LogP contribution in [0.25, 0.3) is 61.4 Å². The first-order valence-corrected chi connectivity index (χ1v) is 22.0. The third-order valence-corrected chi connectivity index (χ3v) is 13.4. The molecule has 8 aromatic carbocycles. The lowest BCUT2D eigenvalue weighted by atomic mass is 9.66. The number of rotatable bonds is 7. The molecule has 2 atom stereocenters. The molecule has 12 rings (SSSR count). The van der Waals surface area contributed by atoms with Crippen molar-refractivity contribution in [2.75, 3.05) is 0 Å². The summed E-state index contributed by atoms with van der Waals surface area (Å²) in [6.45, 7) is 2.46. The van der Waals surface area contributed by atoms with Crippen LogP contribution in [0.3, 0.4) is 0 Å². The van der Waals surface area contributed by atoms with Gasteiger partial charge < -0.3 is 9.13 Å². The number of benzene rings is 8. The highest BCUT2D eigenvalue weighted by molar-refractivity contribution is 6.13. The molecule has 0 saturated carbocycles. The van der Waals surface area contributed by atoms with Crippen molar-refractivity contribution in [3.63, 3.8) is 0 Å². The summed E-state index contributed by atoms with van der Waals surface area (Å²) < 4.78 is 4.87. The van der Waals surface area contributed by atoms with Crippen LogP contribution in [0.15, 0.2) is 223 Å². The molecule has 2 aromatic heterocycles. The average molecular weight is 810 g/mol. The standard InChI is InChI=1S/C59H44N4/c1-59(44-34-35-56-49(36-44)47-26-14-16-28-54(47)62(56)45-22-10-4-11-23-45)39-50-48-27-15-17-29-55(48)63(46-24-12-5-13-25-46)57(50)37-51(59)40-30-32-42(33-31-40)53-38-52(41-18-6-2-7-19-41)60-58(61-53)43-20-8-3-9-21-43/h2-38,58,60H,39H2,1H3/p+1. The number of nitrogens with two attached hydrogens (primary N) is 1. The molecule has 2 aliphatic rings. The Labute approximate surface area is 367 Å². The van der Waals surface area contributed by atoms with Crippen LogP contribution in [0.2, 0.25) is 0 Å². The molecular weight excluding hydrogens is 765 g/mol. The molecule has 2 N–H and O–H groups in total. The van der Waals surface area contributed by atoms with Crippen molar-refractivity contribution in [2.24, 2.45) is 4.99 Å². The first-order valence-electron chi connectivity index (χ1n) is 22.0. The molecule has 0 fully saturated rings. The zero-order chi connectivity index (χ0) is 41.9. The predicted octanol–water partition coefficient (Wildman–Crippen LogP) is 12.9. The van der Waals surface area contributed by atoms with Crippen LogP contribution in [0.1, 0.15) is 52.2 Å². The van der Waals surface area contributed by atoms with Gasteiger partial charge in [0.25, 0.3) is 0 Å². The van der Waals surface area contributed by atoms with Crippen molar-refractivity contribution in [2.45, 2.75) is 24.9 Å². The number of allylic oxidation sites excluding steroid dienone is 2. The van der Waals surface area contributed by atoms with Crippen molar-refractivity contribution in [1.82, 2.24) is 9.13 Å². The highest BCUT2D eigenvalue weighted by Crippen LogP contribution is 2.50. The van der Waals surface area contributed by atoms with E-state index in [0.717, 1.165) is 17.7 Å². The highest BCUT2D eigenvalue weighted by Gasteiger charge is 2.39. The molecule has 4 nitrogen and oxygen atoms in total. The van der Waals surface area contributed by atoms with Crippen molar-refractivity contribution in [1.29, 1.82) is 0 Å². The summed E-state index contributed by atoms with van der Waals surface area (Å²) in [5.41, 5.74) is 17.7. The predicted molar refractivity (Wildman–Crippen MR) is 261 cm³/mol. The number of hydrogen-bond donors (Lipinski definition) is 1. The second kappa shape index (κ2) is 15.0. The van der Waals surface area contributed by atoms with Crippen LogP contribution in [-0.4, -0.2) is 14.8 Å². The topological polar surface area (TPSA) is 38.8 Å². The van der Waals surface area contributed by atoms with Crippen LogP contribution in [0, 0.1) is 0 Å². The van der Waals surface area contributed by atoms with Crippen molar-refractivity contribution in [3.05, 3.63) is 257 Å². The average Bonchev–Trinajstić information content (AvgIpc) is 3.86. The third-order valence-electron chi connectivity index (χ3n) is 13.4. The second-order valence-electron chi connectivity index (χ2n) is 17.1. The van der Waals surface area contributed by atoms with Crippen LogP contribution < -0.4 is 5.32 Å². The maximum Gasteiger partial charge on any atom is 0.211 e. The molecule has 63 heavy (non-hydrogen) atoms. The van der Waals surface area contributed by atoms with E-state index in [9.17, 15) is 0 Å². The summed E-state index contributed by atoms with van der Waals surface area (Å²) in [5, 5.41) is 6.12. The fraction of sp³-hybridized carbons (Fsp3) is 0.0678. The van der Waals surface area contributed by atoms with Gasteiger partial charge in [-0.3, -0.25) is 5.32 Å². The monoisotopic (exact) mass is 809 g/mol. The van der Waals surface area contributed by atoms with E-state index in [1.807, 2.05) is 0 Å². The van der Waals surface area contributed by atoms with Gasteiger partial charge in [-0.05, 0) is 95.4 Å². The molecule has 0 amide bonds. The Bertz CT molecular complexity index is 3430. The lowest BCUT2D eigenvalue weighted by molar-refractivity contribution is -0.609. The molecule has 0 radical (unpaired) electrons. The van der Waals surface area contributed by atoms with E-state index in [0.29, 0.717) is 0 Å². The summed E-state index contributed by atoms with van der Waals surface area (Å²) in [6.07, 6.45) is 5.51. The number of hydrogen-bond acceptors (Lipinski definition) is 1. The molecule has 10 aromatic rings. The Balaban J connectivity index is 1.04. The molecule has 0 bridgehead atoms. The number of para-hydroxylation sites is 4. The zero-order valence-electron chi connectivity index (χ0n) is 35.1. The Kier molecular flexibility index (Phi) is 8.80. The van der Waals surface area contributed by atoms with Crippen LogP contribution in [0.5, 0.6) is 0 Å². The fourth-order valence-corrected chi connectivity index (χ4v) is 10.3. The summed E-state index contributed by atoms with van der Waals surface area (Å²) >= 11 is 0. The molecule has 3 heterocycles. The Morgan fingerprint density at radius 2 is 1.05 bits per heavy atom. The smallest absolute Gasteiger partial charge is 0.211 e. The Morgan fingerprint density at radius 1 is 0.492 bits per heavy atom. The lowest BCUT2D eigenvalue weighted by Gasteiger charge is -2.37. The minimum absolute atomic E-state index is 0.0773. The maximum atomic E-state index is 5.36. The van der Waals surface area contributed by atoms with Crippen molar-refractivity contribution >= 4 is 55.8 Å². The first-order chi connectivity index (χ1) is 31.1. The van der Waals surface area contributed by atoms with Gasteiger partial charge in [-0.2, -0.15) is 0 Å². The second-order valence-corrected chi connectivity index (χ2v) is 17.1. The zero-order valence-corrected chi connectivity index (χ0v) is 35.1. The van der Waals surface area contributed by atoms with Gasteiger partial charge >= 0.3 is 0 Å². The number of nitrogens with zero attached hydrogens (tertiary/aromatic N) is 3. The van der Waals surface area contributed by atoms with E-state index in [2.05, 4.69) is 246 Å². The Hall–Kier alpha value is -7.79. The largest absolute Gasteiger partial charge is 0.310 e. The van der Waals surface area contributed by atoms with Gasteiger partial charge in [-0.15, -0.1) is 0 Å². The van der Waals surface area contributed by atoms with Gasteiger partial charge in [0.2, 0.25) is 6.17 Å². The van der Waals surface area contributed by atoms with Crippen LogP contribution in [-0.2, 0) is 11.8 Å². The third kappa shape index (κ3) is 6.21. The SMILES string of the molecule is CC1(c2ccc3c(c2)c2ccccc2n3-c2ccccc2)Cc2c(n(-c3ccccc3)c3ccccc23)C=C1c1ccc(C2=NC(c3ccccc3)[NH2+]C(c3ccccc3)=C2)cc1. The molecule has 0 spiro atoms. The number of aliphatic imine (C=N–C) groups is 1. The van der Waals surface area contributed by atoms with Gasteiger partial charge in [0, 0.05) is 55.7 Å². The number of quaternary nitrogens is 1. The van der Waals surface area contributed by atoms with E-state index in [4.69, 9.17) is 4.99 Å². The van der Waals surface area contributed by atoms with Gasteiger partial charge in [-0.1, -0.05) is 159 Å². The van der Waals surface area contributed by atoms with E-state index in [-0.39, 0.29) is 11.6 Å². The summed E-state index contributed by atoms with van der Waals surface area (Å²) in [5.74, 6) is 0. The van der Waals surface area contributed by atoms with Gasteiger partial charge in [0.05, 0.1) is 28.0 Å². The fourth-order valence-electron chi connectivity index (χ4n) is 10.3. The highest BCUT2D eigenvalue weighted by atomic mass is 15.1. The molecular formula is C59H45N4+. The molecule has 1 aliphatic heterocycles. The minimum atomic E-state index is -0.361. The number of aromatic nitrogens is 2.